The average Bonchev–Trinajstić information content (AvgIpc) is 3.42. The second-order valence-electron chi connectivity index (χ2n) is 8.56. The van der Waals surface area contributed by atoms with Gasteiger partial charge in [0, 0.05) is 25.2 Å². The molecule has 0 bridgehead atoms. The lowest BCUT2D eigenvalue weighted by Gasteiger charge is -2.34. The highest BCUT2D eigenvalue weighted by Crippen LogP contribution is 2.35. The fourth-order valence-corrected chi connectivity index (χ4v) is 6.07. The van der Waals surface area contributed by atoms with Crippen molar-refractivity contribution in [2.24, 2.45) is 0 Å². The van der Waals surface area contributed by atoms with Crippen LogP contribution in [0.15, 0.2) is 57.8 Å². The summed E-state index contributed by atoms with van der Waals surface area (Å²) < 4.78 is 46.6. The van der Waals surface area contributed by atoms with Crippen molar-refractivity contribution in [3.8, 4) is 23.0 Å². The molecule has 12 heteroatoms. The Kier molecular flexibility index (Phi) is 8.41. The number of carbonyl (C=O) groups excluding carboxylic acids is 1. The van der Waals surface area contributed by atoms with Crippen molar-refractivity contribution >= 4 is 15.7 Å². The number of hydrogen-bond acceptors (Lipinski definition) is 10. The molecule has 3 aromatic rings. The Bertz CT molecular complexity index is 1280. The minimum Gasteiger partial charge on any atom is -0.497 e. The van der Waals surface area contributed by atoms with Crippen molar-refractivity contribution in [3.05, 3.63) is 54.4 Å². The molecule has 0 spiro atoms. The van der Waals surface area contributed by atoms with Crippen LogP contribution in [0.25, 0.3) is 11.5 Å². The van der Waals surface area contributed by atoms with Gasteiger partial charge in [0.15, 0.2) is 14.6 Å². The number of rotatable bonds is 11. The first-order chi connectivity index (χ1) is 17.9. The number of methoxy groups -OCH3 is 1. The molecule has 0 unspecified atom stereocenters. The zero-order valence-electron chi connectivity index (χ0n) is 20.4. The molecule has 1 saturated heterocycles. The number of aromatic nitrogens is 2. The van der Waals surface area contributed by atoms with E-state index in [1.54, 1.807) is 19.2 Å². The van der Waals surface area contributed by atoms with Gasteiger partial charge in [-0.25, -0.2) is 13.9 Å². The Morgan fingerprint density at radius 2 is 1.70 bits per heavy atom. The molecule has 2 heterocycles. The van der Waals surface area contributed by atoms with E-state index in [0.717, 1.165) is 24.2 Å². The number of hydroxylamine groups is 1. The topological polar surface area (TPSA) is 150 Å². The number of benzene rings is 2. The third-order valence-electron chi connectivity index (χ3n) is 6.32. The zero-order chi connectivity index (χ0) is 26.3. The molecule has 0 radical (unpaired) electrons. The second-order valence-corrected chi connectivity index (χ2v) is 10.8. The predicted molar refractivity (Wildman–Crippen MR) is 131 cm³/mol. The molecule has 2 aromatic carbocycles. The van der Waals surface area contributed by atoms with Crippen LogP contribution in [0.3, 0.4) is 0 Å². The Labute approximate surface area is 214 Å². The summed E-state index contributed by atoms with van der Waals surface area (Å²) >= 11 is 0. The van der Waals surface area contributed by atoms with Gasteiger partial charge >= 0.3 is 0 Å². The van der Waals surface area contributed by atoms with Crippen molar-refractivity contribution in [2.75, 3.05) is 26.9 Å². The highest BCUT2D eigenvalue weighted by Gasteiger charge is 2.52. The van der Waals surface area contributed by atoms with Gasteiger partial charge in [-0.3, -0.25) is 10.0 Å². The number of carbonyl (C=O) groups is 1. The molecule has 37 heavy (non-hydrogen) atoms. The summed E-state index contributed by atoms with van der Waals surface area (Å²) in [5.74, 6) is 1.29. The second kappa shape index (κ2) is 11.7. The molecule has 1 aromatic heterocycles. The largest absolute Gasteiger partial charge is 0.497 e. The van der Waals surface area contributed by atoms with Crippen LogP contribution in [0.2, 0.25) is 0 Å². The van der Waals surface area contributed by atoms with E-state index in [-0.39, 0.29) is 31.0 Å². The normalized spacial score (nSPS) is 15.2. The fourth-order valence-electron chi connectivity index (χ4n) is 4.13. The summed E-state index contributed by atoms with van der Waals surface area (Å²) in [6.45, 7) is 0.639. The molecule has 0 saturated carbocycles. The van der Waals surface area contributed by atoms with Gasteiger partial charge in [-0.2, -0.15) is 0 Å². The lowest BCUT2D eigenvalue weighted by atomic mass is 9.98. The van der Waals surface area contributed by atoms with Crippen LogP contribution in [-0.2, 0) is 25.8 Å². The number of nitrogens with one attached hydrogen (secondary N) is 1. The highest BCUT2D eigenvalue weighted by molar-refractivity contribution is 7.93. The maximum absolute atomic E-state index is 13.3. The van der Waals surface area contributed by atoms with Gasteiger partial charge in [0.2, 0.25) is 11.8 Å². The molecule has 1 aliphatic heterocycles. The summed E-state index contributed by atoms with van der Waals surface area (Å²) in [7, 11) is -2.47. The Morgan fingerprint density at radius 1 is 1.03 bits per heavy atom. The average molecular weight is 532 g/mol. The monoisotopic (exact) mass is 531 g/mol. The molecule has 4 rings (SSSR count). The molecule has 0 atom stereocenters. The summed E-state index contributed by atoms with van der Waals surface area (Å²) in [6, 6.07) is 13.3. The van der Waals surface area contributed by atoms with Crippen molar-refractivity contribution in [1.29, 1.82) is 0 Å². The van der Waals surface area contributed by atoms with Crippen molar-refractivity contribution in [3.63, 3.8) is 0 Å². The van der Waals surface area contributed by atoms with Gasteiger partial charge < -0.3 is 18.6 Å². The molecule has 2 N–H and O–H groups in total. The van der Waals surface area contributed by atoms with Gasteiger partial charge in [-0.1, -0.05) is 0 Å². The van der Waals surface area contributed by atoms with E-state index in [1.165, 1.54) is 17.6 Å². The lowest BCUT2D eigenvalue weighted by molar-refractivity contribution is -0.134. The van der Waals surface area contributed by atoms with Crippen LogP contribution < -0.4 is 15.0 Å². The van der Waals surface area contributed by atoms with Gasteiger partial charge in [0.25, 0.3) is 5.91 Å². The van der Waals surface area contributed by atoms with Crippen molar-refractivity contribution in [2.45, 2.75) is 41.7 Å². The molecule has 1 fully saturated rings. The molecule has 0 aliphatic carbocycles. The summed E-state index contributed by atoms with van der Waals surface area (Å²) in [6.07, 6.45) is 2.00. The molecular formula is C25H29N3O8S. The number of aryl methyl sites for hydroxylation is 1. The maximum Gasteiger partial charge on any atom is 0.265 e. The first-order valence-corrected chi connectivity index (χ1v) is 13.3. The lowest BCUT2D eigenvalue weighted by Crippen LogP contribution is -2.54. The quantitative estimate of drug-likeness (QED) is 0.215. The number of sulfone groups is 1. The van der Waals surface area contributed by atoms with Gasteiger partial charge in [0.1, 0.15) is 11.5 Å². The first-order valence-electron chi connectivity index (χ1n) is 11.9. The van der Waals surface area contributed by atoms with Crippen LogP contribution >= 0.6 is 0 Å². The summed E-state index contributed by atoms with van der Waals surface area (Å²) in [4.78, 5) is 12.3. The van der Waals surface area contributed by atoms with E-state index in [4.69, 9.17) is 23.8 Å². The minimum atomic E-state index is -4.07. The molecule has 1 aliphatic rings. The van der Waals surface area contributed by atoms with Gasteiger partial charge in [-0.05, 0) is 74.2 Å². The fraction of sp³-hybridized carbons (Fsp3) is 0.400. The molecular weight excluding hydrogens is 502 g/mol. The third-order valence-corrected chi connectivity index (χ3v) is 8.84. The van der Waals surface area contributed by atoms with Crippen LogP contribution in [0.1, 0.15) is 31.6 Å². The first kappa shape index (κ1) is 26.6. The predicted octanol–water partition coefficient (Wildman–Crippen LogP) is 2.98. The van der Waals surface area contributed by atoms with Gasteiger partial charge in [0.05, 0.1) is 18.6 Å². The number of ether oxygens (including phenoxy) is 3. The molecule has 198 valence electrons. The van der Waals surface area contributed by atoms with Crippen molar-refractivity contribution in [1.82, 2.24) is 15.7 Å². The number of nitrogens with zero attached hydrogens (tertiary/aromatic N) is 2. The molecule has 11 nitrogen and oxygen atoms in total. The zero-order valence-corrected chi connectivity index (χ0v) is 21.2. The van der Waals surface area contributed by atoms with E-state index >= 15 is 0 Å². The van der Waals surface area contributed by atoms with Crippen LogP contribution in [0.5, 0.6) is 11.5 Å². The van der Waals surface area contributed by atoms with Crippen LogP contribution in [0, 0.1) is 0 Å². The van der Waals surface area contributed by atoms with Crippen molar-refractivity contribution < 1.29 is 37.0 Å². The number of hydrogen-bond donors (Lipinski definition) is 2. The Balaban J connectivity index is 1.27. The standard InChI is InChI=1S/C25H29N3O8S/c1-33-19-7-5-18(6-8-19)23-27-26-22(36-23)4-2-3-15-35-20-9-11-21(12-10-20)37(31,32)25(24(29)28-30)13-16-34-17-14-25/h5-12,30H,2-4,13-17H2,1H3,(H,28,29). The summed E-state index contributed by atoms with van der Waals surface area (Å²) in [5.41, 5.74) is 2.32. The smallest absolute Gasteiger partial charge is 0.265 e. The Morgan fingerprint density at radius 3 is 2.35 bits per heavy atom. The van der Waals surface area contributed by atoms with Crippen LogP contribution in [-0.4, -0.2) is 61.4 Å². The number of unbranched alkanes of at least 4 members (excludes halogenated alkanes) is 1. The SMILES string of the molecule is COc1ccc(-c2nnc(CCCCOc3ccc(S(=O)(=O)C4(C(=O)NO)CCOCC4)cc3)o2)cc1. The summed E-state index contributed by atoms with van der Waals surface area (Å²) in [5, 5.41) is 17.3. The highest BCUT2D eigenvalue weighted by atomic mass is 32.2. The van der Waals surface area contributed by atoms with Gasteiger partial charge in [-0.15, -0.1) is 10.2 Å². The number of amides is 1. The van der Waals surface area contributed by atoms with E-state index in [0.29, 0.717) is 30.6 Å². The maximum atomic E-state index is 13.3. The van der Waals surface area contributed by atoms with E-state index in [1.807, 2.05) is 24.3 Å². The van der Waals surface area contributed by atoms with Crippen LogP contribution in [0.4, 0.5) is 0 Å². The minimum absolute atomic E-state index is 0.0191. The Hall–Kier alpha value is -3.48. The molecule has 1 amide bonds. The van der Waals surface area contributed by atoms with E-state index < -0.39 is 20.5 Å². The third kappa shape index (κ3) is 5.76. The van der Waals surface area contributed by atoms with E-state index in [2.05, 4.69) is 10.2 Å². The van der Waals surface area contributed by atoms with E-state index in [9.17, 15) is 13.2 Å².